The number of aromatic nitrogens is 5. The van der Waals surface area contributed by atoms with Crippen LogP contribution in [0.4, 0.5) is 4.39 Å². The van der Waals surface area contributed by atoms with Crippen molar-refractivity contribution in [3.05, 3.63) is 96.7 Å². The third-order valence-electron chi connectivity index (χ3n) is 5.95. The van der Waals surface area contributed by atoms with Gasteiger partial charge < -0.3 is 10.3 Å². The predicted molar refractivity (Wildman–Crippen MR) is 145 cm³/mol. The van der Waals surface area contributed by atoms with E-state index in [0.717, 1.165) is 44.4 Å². The van der Waals surface area contributed by atoms with Crippen LogP contribution in [0.2, 0.25) is 0 Å². The standard InChI is InChI=1S/C29H27FN6/c1-5-18(13-22(6-2)32-17(3)4)19-10-11-25-23(14-19)28(36-35-25)29-33-26-16-31-15-24(27(26)34-29)20-8-7-9-21(30)12-20/h5-17,32H,2H2,1,3-4H3,(H,33,34)(H,35,36)/b18-5+,22-13+. The van der Waals surface area contributed by atoms with E-state index in [1.54, 1.807) is 18.5 Å². The molecule has 0 saturated carbocycles. The summed E-state index contributed by atoms with van der Waals surface area (Å²) in [5.74, 6) is 0.313. The van der Waals surface area contributed by atoms with E-state index in [9.17, 15) is 4.39 Å². The van der Waals surface area contributed by atoms with Crippen LogP contribution in [-0.4, -0.2) is 31.2 Å². The predicted octanol–water partition coefficient (Wildman–Crippen LogP) is 6.78. The second-order valence-electron chi connectivity index (χ2n) is 8.86. The lowest BCUT2D eigenvalue weighted by Crippen LogP contribution is -2.20. The lowest BCUT2D eigenvalue weighted by Gasteiger charge is -2.12. The molecule has 3 heterocycles. The molecule has 2 aromatic carbocycles. The van der Waals surface area contributed by atoms with Crippen molar-refractivity contribution in [3.8, 4) is 22.6 Å². The minimum atomic E-state index is -0.303. The van der Waals surface area contributed by atoms with Gasteiger partial charge in [-0.25, -0.2) is 9.37 Å². The lowest BCUT2D eigenvalue weighted by atomic mass is 10.0. The largest absolute Gasteiger partial charge is 0.383 e. The monoisotopic (exact) mass is 478 g/mol. The van der Waals surface area contributed by atoms with Gasteiger partial charge in [-0.05, 0) is 73.9 Å². The van der Waals surface area contributed by atoms with Gasteiger partial charge >= 0.3 is 0 Å². The smallest absolute Gasteiger partial charge is 0.159 e. The van der Waals surface area contributed by atoms with Gasteiger partial charge in [0.25, 0.3) is 0 Å². The Kier molecular flexibility index (Phi) is 6.21. The Balaban J connectivity index is 1.59. The van der Waals surface area contributed by atoms with Gasteiger partial charge in [0.15, 0.2) is 5.82 Å². The zero-order valence-electron chi connectivity index (χ0n) is 20.4. The van der Waals surface area contributed by atoms with Crippen molar-refractivity contribution in [2.24, 2.45) is 0 Å². The number of hydrogen-bond donors (Lipinski definition) is 3. The van der Waals surface area contributed by atoms with Gasteiger partial charge in [-0.2, -0.15) is 5.10 Å². The highest BCUT2D eigenvalue weighted by Gasteiger charge is 2.16. The Morgan fingerprint density at radius 2 is 1.97 bits per heavy atom. The van der Waals surface area contributed by atoms with Gasteiger partial charge in [-0.1, -0.05) is 30.9 Å². The first-order valence-electron chi connectivity index (χ1n) is 11.8. The highest BCUT2D eigenvalue weighted by Crippen LogP contribution is 2.32. The average Bonchev–Trinajstić information content (AvgIpc) is 3.49. The van der Waals surface area contributed by atoms with Crippen LogP contribution in [0.1, 0.15) is 26.3 Å². The molecular weight excluding hydrogens is 451 g/mol. The van der Waals surface area contributed by atoms with E-state index in [0.29, 0.717) is 23.1 Å². The van der Waals surface area contributed by atoms with E-state index in [2.05, 4.69) is 70.2 Å². The number of benzene rings is 2. The van der Waals surface area contributed by atoms with Gasteiger partial charge in [0.1, 0.15) is 11.5 Å². The van der Waals surface area contributed by atoms with Crippen LogP contribution in [-0.2, 0) is 0 Å². The van der Waals surface area contributed by atoms with E-state index < -0.39 is 0 Å². The second-order valence-corrected chi connectivity index (χ2v) is 8.86. The molecule has 5 rings (SSSR count). The number of aromatic amines is 2. The van der Waals surface area contributed by atoms with Gasteiger partial charge in [-0.15, -0.1) is 0 Å². The molecule has 180 valence electrons. The van der Waals surface area contributed by atoms with Crippen molar-refractivity contribution in [2.45, 2.75) is 26.8 Å². The van der Waals surface area contributed by atoms with E-state index >= 15 is 0 Å². The highest BCUT2D eigenvalue weighted by atomic mass is 19.1. The molecule has 3 N–H and O–H groups in total. The minimum absolute atomic E-state index is 0.301. The summed E-state index contributed by atoms with van der Waals surface area (Å²) in [5.41, 5.74) is 7.63. The van der Waals surface area contributed by atoms with Crippen molar-refractivity contribution in [3.63, 3.8) is 0 Å². The minimum Gasteiger partial charge on any atom is -0.383 e. The summed E-state index contributed by atoms with van der Waals surface area (Å²) in [5, 5.41) is 12.0. The number of imidazole rings is 1. The number of allylic oxidation sites excluding steroid dienone is 4. The average molecular weight is 479 g/mol. The summed E-state index contributed by atoms with van der Waals surface area (Å²) < 4.78 is 13.9. The third-order valence-corrected chi connectivity index (χ3v) is 5.95. The molecule has 0 aliphatic heterocycles. The number of hydrogen-bond acceptors (Lipinski definition) is 4. The Hall–Kier alpha value is -4.52. The number of nitrogens with zero attached hydrogens (tertiary/aromatic N) is 3. The number of halogens is 1. The Morgan fingerprint density at radius 3 is 2.72 bits per heavy atom. The molecule has 5 aromatic rings. The topological polar surface area (TPSA) is 82.3 Å². The fourth-order valence-electron chi connectivity index (χ4n) is 4.28. The molecule has 0 bridgehead atoms. The molecule has 0 aliphatic rings. The van der Waals surface area contributed by atoms with Crippen LogP contribution in [0, 0.1) is 5.82 Å². The maximum Gasteiger partial charge on any atom is 0.159 e. The lowest BCUT2D eigenvalue weighted by molar-refractivity contribution is 0.628. The van der Waals surface area contributed by atoms with Gasteiger partial charge in [-0.3, -0.25) is 10.1 Å². The first kappa shape index (κ1) is 23.2. The molecule has 0 fully saturated rings. The van der Waals surface area contributed by atoms with Crippen LogP contribution >= 0.6 is 0 Å². The number of fused-ring (bicyclic) bond motifs is 2. The molecule has 0 aliphatic carbocycles. The fourth-order valence-corrected chi connectivity index (χ4v) is 4.28. The number of rotatable bonds is 7. The van der Waals surface area contributed by atoms with Gasteiger partial charge in [0.2, 0.25) is 0 Å². The summed E-state index contributed by atoms with van der Waals surface area (Å²) >= 11 is 0. The van der Waals surface area contributed by atoms with Crippen molar-refractivity contribution >= 4 is 27.5 Å². The van der Waals surface area contributed by atoms with Crippen LogP contribution in [0.25, 0.3) is 50.2 Å². The quantitative estimate of drug-likeness (QED) is 0.225. The van der Waals surface area contributed by atoms with Gasteiger partial charge in [0.05, 0.1) is 22.7 Å². The van der Waals surface area contributed by atoms with Crippen LogP contribution < -0.4 is 5.32 Å². The summed E-state index contributed by atoms with van der Waals surface area (Å²) in [6.07, 6.45) is 9.41. The fraction of sp³-hybridized carbons (Fsp3) is 0.138. The molecule has 3 aromatic heterocycles. The molecule has 0 spiro atoms. The normalized spacial score (nSPS) is 12.6. The van der Waals surface area contributed by atoms with Crippen LogP contribution in [0.5, 0.6) is 0 Å². The van der Waals surface area contributed by atoms with E-state index in [4.69, 9.17) is 4.98 Å². The Bertz CT molecular complexity index is 1640. The molecule has 0 saturated heterocycles. The van der Waals surface area contributed by atoms with E-state index in [1.807, 2.05) is 25.1 Å². The van der Waals surface area contributed by atoms with Crippen molar-refractivity contribution in [1.29, 1.82) is 0 Å². The highest BCUT2D eigenvalue weighted by molar-refractivity contribution is 5.98. The van der Waals surface area contributed by atoms with Crippen molar-refractivity contribution in [2.75, 3.05) is 0 Å². The first-order chi connectivity index (χ1) is 17.5. The summed E-state index contributed by atoms with van der Waals surface area (Å²) in [6.45, 7) is 10.1. The van der Waals surface area contributed by atoms with Crippen LogP contribution in [0.3, 0.4) is 0 Å². The van der Waals surface area contributed by atoms with Crippen LogP contribution in [0.15, 0.2) is 85.4 Å². The maximum absolute atomic E-state index is 13.9. The van der Waals surface area contributed by atoms with Crippen molar-refractivity contribution < 1.29 is 4.39 Å². The zero-order chi connectivity index (χ0) is 25.2. The molecular formula is C29H27FN6. The third kappa shape index (κ3) is 4.43. The van der Waals surface area contributed by atoms with Gasteiger partial charge in [0, 0.05) is 28.9 Å². The molecule has 7 heteroatoms. The number of nitrogens with one attached hydrogen (secondary N) is 3. The van der Waals surface area contributed by atoms with E-state index in [-0.39, 0.29) is 5.82 Å². The summed E-state index contributed by atoms with van der Waals surface area (Å²) in [4.78, 5) is 12.5. The molecule has 0 unspecified atom stereocenters. The number of pyridine rings is 1. The first-order valence-corrected chi connectivity index (χ1v) is 11.8. The molecule has 0 amide bonds. The maximum atomic E-state index is 13.9. The molecule has 6 nitrogen and oxygen atoms in total. The number of H-pyrrole nitrogens is 2. The Morgan fingerprint density at radius 1 is 1.11 bits per heavy atom. The SMILES string of the molecule is C=C/C(=C\C(=C/C)c1ccc2[nH]nc(-c3nc4c(-c5cccc(F)c5)cncc4[nH]3)c2c1)NC(C)C. The zero-order valence-corrected chi connectivity index (χ0v) is 20.4. The summed E-state index contributed by atoms with van der Waals surface area (Å²) in [6, 6.07) is 12.9. The molecule has 36 heavy (non-hydrogen) atoms. The summed E-state index contributed by atoms with van der Waals surface area (Å²) in [7, 11) is 0. The molecule has 0 radical (unpaired) electrons. The molecule has 0 atom stereocenters. The van der Waals surface area contributed by atoms with Crippen molar-refractivity contribution in [1.82, 2.24) is 30.5 Å². The second kappa shape index (κ2) is 9.62. The van der Waals surface area contributed by atoms with E-state index in [1.165, 1.54) is 12.1 Å². The Labute approximate surface area is 208 Å².